The van der Waals surface area contributed by atoms with E-state index >= 15 is 0 Å². The minimum absolute atomic E-state index is 0.314. The second-order valence-electron chi connectivity index (χ2n) is 5.25. The van der Waals surface area contributed by atoms with Crippen molar-refractivity contribution in [1.29, 1.82) is 0 Å². The van der Waals surface area contributed by atoms with Crippen molar-refractivity contribution in [1.82, 2.24) is 4.98 Å². The van der Waals surface area contributed by atoms with Gasteiger partial charge in [0.1, 0.15) is 0 Å². The van der Waals surface area contributed by atoms with Gasteiger partial charge in [-0.1, -0.05) is 19.8 Å². The topological polar surface area (TPSA) is 38.9 Å². The highest BCUT2D eigenvalue weighted by Crippen LogP contribution is 2.30. The molecule has 0 spiro atoms. The number of hydrogen-bond acceptors (Lipinski definition) is 3. The van der Waals surface area contributed by atoms with Crippen LogP contribution >= 0.6 is 11.3 Å². The Morgan fingerprint density at radius 1 is 1.44 bits per heavy atom. The zero-order valence-electron chi connectivity index (χ0n) is 10.3. The fourth-order valence-electron chi connectivity index (χ4n) is 2.62. The molecule has 2 nitrogen and oxygen atoms in total. The van der Waals surface area contributed by atoms with Gasteiger partial charge in [-0.05, 0) is 31.6 Å². The number of nitrogens with zero attached hydrogens (tertiary/aromatic N) is 1. The van der Waals surface area contributed by atoms with Crippen molar-refractivity contribution in [2.75, 3.05) is 0 Å². The van der Waals surface area contributed by atoms with Crippen molar-refractivity contribution in [2.24, 2.45) is 17.6 Å². The van der Waals surface area contributed by atoms with Gasteiger partial charge in [0.05, 0.1) is 10.7 Å². The maximum absolute atomic E-state index is 6.30. The Morgan fingerprint density at radius 2 is 2.12 bits per heavy atom. The van der Waals surface area contributed by atoms with Gasteiger partial charge < -0.3 is 5.73 Å². The van der Waals surface area contributed by atoms with Gasteiger partial charge in [-0.25, -0.2) is 4.98 Å². The van der Waals surface area contributed by atoms with E-state index in [9.17, 15) is 0 Å². The summed E-state index contributed by atoms with van der Waals surface area (Å²) in [5, 5.41) is 3.31. The molecule has 1 aromatic heterocycles. The maximum Gasteiger partial charge on any atom is 0.0897 e. The number of aryl methyl sites for hydroxylation is 1. The second kappa shape index (κ2) is 5.28. The Morgan fingerprint density at radius 3 is 2.69 bits per heavy atom. The van der Waals surface area contributed by atoms with E-state index in [1.807, 2.05) is 0 Å². The van der Waals surface area contributed by atoms with Gasteiger partial charge in [0, 0.05) is 17.8 Å². The molecule has 2 rings (SSSR count). The molecule has 1 aromatic rings. The molecule has 0 bridgehead atoms. The van der Waals surface area contributed by atoms with Gasteiger partial charge in [-0.3, -0.25) is 0 Å². The molecule has 2 N–H and O–H groups in total. The van der Waals surface area contributed by atoms with E-state index in [1.165, 1.54) is 31.4 Å². The summed E-state index contributed by atoms with van der Waals surface area (Å²) in [5.74, 6) is 1.63. The summed E-state index contributed by atoms with van der Waals surface area (Å²) in [7, 11) is 0. The lowest BCUT2D eigenvalue weighted by molar-refractivity contribution is 0.253. The summed E-state index contributed by atoms with van der Waals surface area (Å²) < 4.78 is 0. The molecule has 1 atom stereocenters. The Hall–Kier alpha value is -0.410. The molecule has 1 aliphatic carbocycles. The first kappa shape index (κ1) is 12.1. The first-order valence-corrected chi connectivity index (χ1v) is 7.19. The van der Waals surface area contributed by atoms with Gasteiger partial charge in [-0.15, -0.1) is 11.3 Å². The standard InChI is InChI=1S/C13H22N2S/c1-9-3-5-11(6-4-9)13(14)7-12-8-16-10(2)15-12/h8-9,11,13H,3-7,14H2,1-2H3. The smallest absolute Gasteiger partial charge is 0.0897 e. The highest BCUT2D eigenvalue weighted by atomic mass is 32.1. The van der Waals surface area contributed by atoms with Crippen LogP contribution in [0.15, 0.2) is 5.38 Å². The summed E-state index contributed by atoms with van der Waals surface area (Å²) in [6.45, 7) is 4.41. The van der Waals surface area contributed by atoms with E-state index < -0.39 is 0 Å². The SMILES string of the molecule is Cc1nc(CC(N)C2CCC(C)CC2)cs1. The lowest BCUT2D eigenvalue weighted by Crippen LogP contribution is -2.34. The average Bonchev–Trinajstić information content (AvgIpc) is 2.65. The molecule has 90 valence electrons. The van der Waals surface area contributed by atoms with Crippen LogP contribution in [0.4, 0.5) is 0 Å². The minimum Gasteiger partial charge on any atom is -0.327 e. The third-order valence-corrected chi connectivity index (χ3v) is 4.60. The summed E-state index contributed by atoms with van der Waals surface area (Å²) in [5.41, 5.74) is 7.49. The number of nitrogens with two attached hydrogens (primary N) is 1. The van der Waals surface area contributed by atoms with Crippen molar-refractivity contribution < 1.29 is 0 Å². The molecule has 0 aromatic carbocycles. The molecule has 0 saturated heterocycles. The summed E-state index contributed by atoms with van der Waals surface area (Å²) in [6, 6.07) is 0.314. The highest BCUT2D eigenvalue weighted by Gasteiger charge is 2.24. The lowest BCUT2D eigenvalue weighted by Gasteiger charge is -2.30. The van der Waals surface area contributed by atoms with Crippen LogP contribution in [0.3, 0.4) is 0 Å². The van der Waals surface area contributed by atoms with Gasteiger partial charge in [-0.2, -0.15) is 0 Å². The van der Waals surface area contributed by atoms with E-state index in [4.69, 9.17) is 5.73 Å². The third kappa shape index (κ3) is 3.05. The van der Waals surface area contributed by atoms with Gasteiger partial charge in [0.25, 0.3) is 0 Å². The first-order valence-electron chi connectivity index (χ1n) is 6.31. The lowest BCUT2D eigenvalue weighted by atomic mass is 9.78. The number of rotatable bonds is 3. The number of hydrogen-bond donors (Lipinski definition) is 1. The first-order chi connectivity index (χ1) is 7.65. The van der Waals surface area contributed by atoms with Crippen molar-refractivity contribution >= 4 is 11.3 Å². The van der Waals surface area contributed by atoms with E-state index in [-0.39, 0.29) is 0 Å². The average molecular weight is 238 g/mol. The molecule has 1 saturated carbocycles. The minimum atomic E-state index is 0.314. The molecule has 1 aliphatic rings. The van der Waals surface area contributed by atoms with E-state index in [0.29, 0.717) is 6.04 Å². The zero-order valence-corrected chi connectivity index (χ0v) is 11.1. The van der Waals surface area contributed by atoms with Crippen LogP contribution in [0.25, 0.3) is 0 Å². The molecule has 1 unspecified atom stereocenters. The molecular formula is C13H22N2S. The van der Waals surface area contributed by atoms with Crippen LogP contribution in [-0.2, 0) is 6.42 Å². The quantitative estimate of drug-likeness (QED) is 0.878. The normalized spacial score (nSPS) is 27.9. The van der Waals surface area contributed by atoms with Gasteiger partial charge >= 0.3 is 0 Å². The molecule has 0 aliphatic heterocycles. The molecule has 1 heterocycles. The van der Waals surface area contributed by atoms with E-state index in [2.05, 4.69) is 24.2 Å². The molecule has 0 amide bonds. The zero-order chi connectivity index (χ0) is 11.5. The Balaban J connectivity index is 1.85. The van der Waals surface area contributed by atoms with Crippen molar-refractivity contribution in [3.8, 4) is 0 Å². The molecule has 1 fully saturated rings. The van der Waals surface area contributed by atoms with Crippen molar-refractivity contribution in [3.63, 3.8) is 0 Å². The fourth-order valence-corrected chi connectivity index (χ4v) is 3.25. The number of aromatic nitrogens is 1. The maximum atomic E-state index is 6.30. The predicted octanol–water partition coefficient (Wildman–Crippen LogP) is 3.15. The number of thiazole rings is 1. The van der Waals surface area contributed by atoms with Crippen LogP contribution in [0.2, 0.25) is 0 Å². The predicted molar refractivity (Wildman–Crippen MR) is 69.7 cm³/mol. The largest absolute Gasteiger partial charge is 0.327 e. The van der Waals surface area contributed by atoms with Crippen LogP contribution in [0.1, 0.15) is 43.3 Å². The second-order valence-corrected chi connectivity index (χ2v) is 6.31. The Kier molecular flexibility index (Phi) is 3.98. The van der Waals surface area contributed by atoms with Crippen molar-refractivity contribution in [3.05, 3.63) is 16.1 Å². The monoisotopic (exact) mass is 238 g/mol. The molecule has 0 radical (unpaired) electrons. The highest BCUT2D eigenvalue weighted by molar-refractivity contribution is 7.09. The fraction of sp³-hybridized carbons (Fsp3) is 0.769. The van der Waals surface area contributed by atoms with Gasteiger partial charge in [0.2, 0.25) is 0 Å². The third-order valence-electron chi connectivity index (χ3n) is 3.78. The van der Waals surface area contributed by atoms with E-state index in [0.717, 1.165) is 23.3 Å². The summed E-state index contributed by atoms with van der Waals surface area (Å²) in [6.07, 6.45) is 6.29. The Labute approximate surface area is 102 Å². The van der Waals surface area contributed by atoms with E-state index in [1.54, 1.807) is 11.3 Å². The summed E-state index contributed by atoms with van der Waals surface area (Å²) in [4.78, 5) is 4.50. The molecule has 16 heavy (non-hydrogen) atoms. The Bertz CT molecular complexity index is 326. The molecule has 3 heteroatoms. The van der Waals surface area contributed by atoms with Gasteiger partial charge in [0.15, 0.2) is 0 Å². The molecular weight excluding hydrogens is 216 g/mol. The van der Waals surface area contributed by atoms with Crippen LogP contribution in [-0.4, -0.2) is 11.0 Å². The van der Waals surface area contributed by atoms with Crippen LogP contribution < -0.4 is 5.73 Å². The summed E-state index contributed by atoms with van der Waals surface area (Å²) >= 11 is 1.73. The van der Waals surface area contributed by atoms with Crippen LogP contribution in [0.5, 0.6) is 0 Å². The van der Waals surface area contributed by atoms with Crippen LogP contribution in [0, 0.1) is 18.8 Å². The van der Waals surface area contributed by atoms with Crippen molar-refractivity contribution in [2.45, 2.75) is 52.0 Å².